The molecule has 112 valence electrons. The Balaban J connectivity index is 2.15. The summed E-state index contributed by atoms with van der Waals surface area (Å²) in [5.74, 6) is 0. The molecule has 5 aromatic rings. The van der Waals surface area contributed by atoms with Crippen molar-refractivity contribution in [2.45, 2.75) is 12.8 Å². The van der Waals surface area contributed by atoms with E-state index in [1.165, 1.54) is 11.1 Å². The Morgan fingerprint density at radius 2 is 0.917 bits per heavy atom. The highest BCUT2D eigenvalue weighted by Gasteiger charge is 2.23. The molecule has 0 unspecified atom stereocenters. The highest BCUT2D eigenvalue weighted by molar-refractivity contribution is 6.32. The van der Waals surface area contributed by atoms with Crippen LogP contribution in [-0.2, 0) is 12.8 Å². The lowest BCUT2D eigenvalue weighted by Gasteiger charge is -2.11. The van der Waals surface area contributed by atoms with Crippen LogP contribution >= 0.6 is 0 Å². The Morgan fingerprint density at radius 3 is 1.38 bits per heavy atom. The Morgan fingerprint density at radius 1 is 0.500 bits per heavy atom. The van der Waals surface area contributed by atoms with Crippen molar-refractivity contribution in [3.8, 4) is 0 Å². The SMILES string of the molecule is O=c1c2cccc3c2c2c1ccc1c(=O)c4cccc(c4c12)CC3. The van der Waals surface area contributed by atoms with E-state index in [-0.39, 0.29) is 10.9 Å². The fourth-order valence-electron chi connectivity index (χ4n) is 4.65. The third kappa shape index (κ3) is 1.22. The molecule has 0 saturated carbocycles. The number of benzene rings is 3. The van der Waals surface area contributed by atoms with Crippen molar-refractivity contribution in [3.05, 3.63) is 80.1 Å². The standard InChI is InChI=1S/C22H12O2/c23-21-13-5-1-3-11-7-8-12-4-2-6-14-18(12)20-16(22(14)24)10-9-15(21)19(20)17(11)13/h1-6,9-10H,7-8H2. The van der Waals surface area contributed by atoms with E-state index in [0.29, 0.717) is 0 Å². The molecule has 0 heterocycles. The minimum atomic E-state index is 0.0879. The molecule has 0 bridgehead atoms. The second-order valence-corrected chi connectivity index (χ2v) is 6.75. The fraction of sp³-hybridized carbons (Fsp3) is 0.0909. The highest BCUT2D eigenvalue weighted by atomic mass is 16.1. The van der Waals surface area contributed by atoms with Crippen LogP contribution in [0.15, 0.2) is 58.1 Å². The summed E-state index contributed by atoms with van der Waals surface area (Å²) in [7, 11) is 0. The maximum atomic E-state index is 12.9. The van der Waals surface area contributed by atoms with Gasteiger partial charge in [0.1, 0.15) is 0 Å². The fourth-order valence-corrected chi connectivity index (χ4v) is 4.65. The number of hydrogen-bond acceptors (Lipinski definition) is 2. The van der Waals surface area contributed by atoms with E-state index in [1.807, 2.05) is 36.4 Å². The van der Waals surface area contributed by atoms with Crippen molar-refractivity contribution in [2.75, 3.05) is 0 Å². The summed E-state index contributed by atoms with van der Waals surface area (Å²) >= 11 is 0. The summed E-state index contributed by atoms with van der Waals surface area (Å²) in [5, 5.41) is 7.16. The first-order chi connectivity index (χ1) is 11.8. The summed E-state index contributed by atoms with van der Waals surface area (Å²) in [6, 6.07) is 15.7. The molecule has 1 aliphatic carbocycles. The van der Waals surface area contributed by atoms with Crippen LogP contribution in [0.5, 0.6) is 0 Å². The van der Waals surface area contributed by atoms with Gasteiger partial charge in [0.15, 0.2) is 10.9 Å². The largest absolute Gasteiger partial charge is 0.289 e. The molecular weight excluding hydrogens is 296 g/mol. The van der Waals surface area contributed by atoms with Crippen molar-refractivity contribution in [1.82, 2.24) is 0 Å². The van der Waals surface area contributed by atoms with Gasteiger partial charge in [-0.15, -0.1) is 0 Å². The minimum absolute atomic E-state index is 0.0879. The zero-order valence-corrected chi connectivity index (χ0v) is 12.8. The zero-order chi connectivity index (χ0) is 16.0. The van der Waals surface area contributed by atoms with Gasteiger partial charge in [-0.1, -0.05) is 36.4 Å². The van der Waals surface area contributed by atoms with Crippen LogP contribution in [-0.4, -0.2) is 0 Å². The molecule has 6 rings (SSSR count). The molecule has 2 heteroatoms. The predicted molar refractivity (Wildman–Crippen MR) is 98.8 cm³/mol. The van der Waals surface area contributed by atoms with Gasteiger partial charge in [0, 0.05) is 32.3 Å². The molecule has 0 saturated heterocycles. The van der Waals surface area contributed by atoms with Crippen LogP contribution in [0, 0.1) is 0 Å². The van der Waals surface area contributed by atoms with E-state index in [9.17, 15) is 9.59 Å². The second-order valence-electron chi connectivity index (χ2n) is 6.75. The molecule has 0 spiro atoms. The molecule has 0 amide bonds. The molecule has 2 nitrogen and oxygen atoms in total. The minimum Gasteiger partial charge on any atom is -0.289 e. The number of hydrogen-bond donors (Lipinski definition) is 0. The van der Waals surface area contributed by atoms with Gasteiger partial charge in [-0.05, 0) is 46.9 Å². The van der Waals surface area contributed by atoms with Crippen molar-refractivity contribution in [1.29, 1.82) is 0 Å². The van der Waals surface area contributed by atoms with Crippen LogP contribution < -0.4 is 10.9 Å². The molecule has 0 atom stereocenters. The van der Waals surface area contributed by atoms with E-state index in [4.69, 9.17) is 0 Å². The van der Waals surface area contributed by atoms with Crippen LogP contribution in [0.2, 0.25) is 0 Å². The van der Waals surface area contributed by atoms with Gasteiger partial charge in [-0.2, -0.15) is 0 Å². The molecule has 0 radical (unpaired) electrons. The van der Waals surface area contributed by atoms with Crippen LogP contribution in [0.1, 0.15) is 11.1 Å². The third-order valence-corrected chi connectivity index (χ3v) is 5.65. The third-order valence-electron chi connectivity index (χ3n) is 5.65. The number of rotatable bonds is 0. The Hall–Kier alpha value is -3.00. The van der Waals surface area contributed by atoms with Crippen LogP contribution in [0.4, 0.5) is 0 Å². The Labute approximate surface area is 136 Å². The first-order valence-corrected chi connectivity index (χ1v) is 8.26. The van der Waals surface area contributed by atoms with Gasteiger partial charge in [-0.25, -0.2) is 0 Å². The molecular formula is C22H12O2. The average Bonchev–Trinajstić information content (AvgIpc) is 3.06. The van der Waals surface area contributed by atoms with Gasteiger partial charge >= 0.3 is 0 Å². The van der Waals surface area contributed by atoms with Gasteiger partial charge in [0.25, 0.3) is 0 Å². The molecule has 0 fully saturated rings. The lowest BCUT2D eigenvalue weighted by molar-refractivity contribution is 0.979. The summed E-state index contributed by atoms with van der Waals surface area (Å²) in [6.07, 6.45) is 1.79. The van der Waals surface area contributed by atoms with Gasteiger partial charge in [0.05, 0.1) is 0 Å². The monoisotopic (exact) mass is 308 g/mol. The maximum absolute atomic E-state index is 12.9. The lowest BCUT2D eigenvalue weighted by Crippen LogP contribution is -1.97. The summed E-state index contributed by atoms with van der Waals surface area (Å²) in [4.78, 5) is 25.8. The van der Waals surface area contributed by atoms with Crippen molar-refractivity contribution in [3.63, 3.8) is 0 Å². The highest BCUT2D eigenvalue weighted by Crippen LogP contribution is 2.40. The normalized spacial score (nSPS) is 13.8. The molecule has 0 aliphatic heterocycles. The Kier molecular flexibility index (Phi) is 2.02. The smallest absolute Gasteiger partial charge is 0.194 e. The summed E-state index contributed by atoms with van der Waals surface area (Å²) < 4.78 is 0. The van der Waals surface area contributed by atoms with E-state index in [1.54, 1.807) is 0 Å². The van der Waals surface area contributed by atoms with Gasteiger partial charge in [-0.3, -0.25) is 9.59 Å². The van der Waals surface area contributed by atoms with E-state index in [2.05, 4.69) is 12.1 Å². The molecule has 24 heavy (non-hydrogen) atoms. The van der Waals surface area contributed by atoms with Crippen molar-refractivity contribution in [2.24, 2.45) is 0 Å². The van der Waals surface area contributed by atoms with Gasteiger partial charge in [0.2, 0.25) is 0 Å². The quantitative estimate of drug-likeness (QED) is 0.433. The molecule has 0 aromatic heterocycles. The summed E-state index contributed by atoms with van der Waals surface area (Å²) in [6.45, 7) is 0. The van der Waals surface area contributed by atoms with E-state index >= 15 is 0 Å². The molecule has 5 aromatic carbocycles. The zero-order valence-electron chi connectivity index (χ0n) is 12.8. The van der Waals surface area contributed by atoms with E-state index < -0.39 is 0 Å². The first kappa shape index (κ1) is 12.4. The van der Waals surface area contributed by atoms with Crippen molar-refractivity contribution >= 4 is 43.1 Å². The second kappa shape index (κ2) is 3.90. The molecule has 1 aliphatic rings. The predicted octanol–water partition coefficient (Wildman–Crippen LogP) is 3.99. The first-order valence-electron chi connectivity index (χ1n) is 8.26. The topological polar surface area (TPSA) is 34.1 Å². The lowest BCUT2D eigenvalue weighted by atomic mass is 9.92. The number of aryl methyl sites for hydroxylation is 2. The summed E-state index contributed by atoms with van der Waals surface area (Å²) in [5.41, 5.74) is 2.60. The van der Waals surface area contributed by atoms with Crippen molar-refractivity contribution < 1.29 is 0 Å². The van der Waals surface area contributed by atoms with Gasteiger partial charge < -0.3 is 0 Å². The van der Waals surface area contributed by atoms with E-state index in [0.717, 1.165) is 55.9 Å². The van der Waals surface area contributed by atoms with Crippen LogP contribution in [0.3, 0.4) is 0 Å². The molecule has 0 N–H and O–H groups in total. The maximum Gasteiger partial charge on any atom is 0.194 e. The average molecular weight is 308 g/mol. The van der Waals surface area contributed by atoms with Crippen LogP contribution in [0.25, 0.3) is 43.1 Å². The Bertz CT molecular complexity index is 1320.